The lowest BCUT2D eigenvalue weighted by Gasteiger charge is -2.30. The molecular formula is C23H22ClFN4O2S. The molecule has 0 aliphatic carbocycles. The molecule has 2 heterocycles. The van der Waals surface area contributed by atoms with Gasteiger partial charge >= 0.3 is 0 Å². The van der Waals surface area contributed by atoms with Crippen LogP contribution in [0.5, 0.6) is 0 Å². The second-order valence-electron chi connectivity index (χ2n) is 7.73. The average Bonchev–Trinajstić information content (AvgIpc) is 3.28. The Bertz CT molecular complexity index is 1080. The molecule has 9 heteroatoms. The average molecular weight is 473 g/mol. The first-order valence-corrected chi connectivity index (χ1v) is 11.5. The summed E-state index contributed by atoms with van der Waals surface area (Å²) in [5.41, 5.74) is 1.51. The second kappa shape index (κ2) is 10.3. The van der Waals surface area contributed by atoms with E-state index < -0.39 is 0 Å². The van der Waals surface area contributed by atoms with Crippen LogP contribution in [0.15, 0.2) is 48.5 Å². The number of ketones is 1. The van der Waals surface area contributed by atoms with Gasteiger partial charge in [-0.3, -0.25) is 14.5 Å². The van der Waals surface area contributed by atoms with Gasteiger partial charge in [-0.15, -0.1) is 10.2 Å². The van der Waals surface area contributed by atoms with Crippen molar-refractivity contribution in [3.63, 3.8) is 0 Å². The first kappa shape index (κ1) is 22.5. The summed E-state index contributed by atoms with van der Waals surface area (Å²) in [5, 5.41) is 12.6. The van der Waals surface area contributed by atoms with Crippen LogP contribution in [0, 0.1) is 11.7 Å². The van der Waals surface area contributed by atoms with Crippen LogP contribution in [0.4, 0.5) is 4.39 Å². The molecule has 3 aromatic rings. The molecule has 1 fully saturated rings. The topological polar surface area (TPSA) is 75.2 Å². The van der Waals surface area contributed by atoms with E-state index in [9.17, 15) is 14.0 Å². The van der Waals surface area contributed by atoms with Crippen molar-refractivity contribution in [1.82, 2.24) is 20.4 Å². The number of amides is 1. The Balaban J connectivity index is 1.25. The molecule has 0 unspecified atom stereocenters. The minimum absolute atomic E-state index is 0.00893. The van der Waals surface area contributed by atoms with E-state index in [1.165, 1.54) is 23.5 Å². The van der Waals surface area contributed by atoms with Crippen molar-refractivity contribution in [3.05, 3.63) is 80.5 Å². The minimum atomic E-state index is -0.313. The molecule has 0 bridgehead atoms. The Morgan fingerprint density at radius 1 is 1.06 bits per heavy atom. The number of piperidine rings is 1. The molecule has 0 atom stereocenters. The van der Waals surface area contributed by atoms with Crippen molar-refractivity contribution in [2.75, 3.05) is 13.1 Å². The summed E-state index contributed by atoms with van der Waals surface area (Å²) in [7, 11) is 0. The van der Waals surface area contributed by atoms with Crippen molar-refractivity contribution in [2.45, 2.75) is 25.9 Å². The van der Waals surface area contributed by atoms with Gasteiger partial charge in [0.1, 0.15) is 10.8 Å². The molecule has 0 spiro atoms. The van der Waals surface area contributed by atoms with Crippen molar-refractivity contribution in [1.29, 1.82) is 0 Å². The maximum atomic E-state index is 13.0. The van der Waals surface area contributed by atoms with Crippen LogP contribution in [0.1, 0.15) is 43.6 Å². The quantitative estimate of drug-likeness (QED) is 0.517. The highest BCUT2D eigenvalue weighted by Crippen LogP contribution is 2.24. The lowest BCUT2D eigenvalue weighted by atomic mass is 9.89. The highest BCUT2D eigenvalue weighted by atomic mass is 35.5. The van der Waals surface area contributed by atoms with E-state index in [0.717, 1.165) is 36.5 Å². The Labute approximate surface area is 194 Å². The minimum Gasteiger partial charge on any atom is -0.346 e. The lowest BCUT2D eigenvalue weighted by Crippen LogP contribution is -2.35. The summed E-state index contributed by atoms with van der Waals surface area (Å²) < 4.78 is 13.0. The van der Waals surface area contributed by atoms with E-state index >= 15 is 0 Å². The number of hydrogen-bond acceptors (Lipinski definition) is 6. The van der Waals surface area contributed by atoms with E-state index in [1.807, 2.05) is 0 Å². The van der Waals surface area contributed by atoms with Gasteiger partial charge in [-0.1, -0.05) is 35.1 Å². The van der Waals surface area contributed by atoms with Crippen LogP contribution in [0.2, 0.25) is 5.02 Å². The highest BCUT2D eigenvalue weighted by Gasteiger charge is 2.26. The van der Waals surface area contributed by atoms with Crippen LogP contribution in [0.25, 0.3) is 0 Å². The highest BCUT2D eigenvalue weighted by molar-refractivity contribution is 7.13. The van der Waals surface area contributed by atoms with Gasteiger partial charge < -0.3 is 5.32 Å². The number of aromatic nitrogens is 2. The van der Waals surface area contributed by atoms with Crippen LogP contribution in [0.3, 0.4) is 0 Å². The van der Waals surface area contributed by atoms with Crippen molar-refractivity contribution >= 4 is 34.6 Å². The molecule has 1 N–H and O–H groups in total. The number of nitrogens with zero attached hydrogens (tertiary/aromatic N) is 3. The van der Waals surface area contributed by atoms with Crippen LogP contribution in [-0.4, -0.2) is 39.9 Å². The third kappa shape index (κ3) is 5.76. The van der Waals surface area contributed by atoms with Crippen molar-refractivity contribution < 1.29 is 14.0 Å². The van der Waals surface area contributed by atoms with Gasteiger partial charge in [0, 0.05) is 23.0 Å². The third-order valence-corrected chi connectivity index (χ3v) is 6.63. The number of Topliss-reactive ketones (excluding diaryl/α,β-unsaturated/α-hetero) is 1. The molecule has 0 radical (unpaired) electrons. The van der Waals surface area contributed by atoms with Crippen LogP contribution in [-0.2, 0) is 13.1 Å². The second-order valence-corrected chi connectivity index (χ2v) is 9.23. The summed E-state index contributed by atoms with van der Waals surface area (Å²) >= 11 is 7.17. The maximum Gasteiger partial charge on any atom is 0.282 e. The number of carbonyl (C=O) groups excluding carboxylic acids is 2. The Morgan fingerprint density at radius 2 is 1.75 bits per heavy atom. The number of hydrogen-bond donors (Lipinski definition) is 1. The zero-order valence-electron chi connectivity index (χ0n) is 17.3. The molecule has 1 amide bonds. The van der Waals surface area contributed by atoms with Gasteiger partial charge in [0.15, 0.2) is 5.78 Å². The van der Waals surface area contributed by atoms with Crippen molar-refractivity contribution in [2.24, 2.45) is 5.92 Å². The number of nitrogens with one attached hydrogen (secondary N) is 1. The fourth-order valence-corrected chi connectivity index (χ4v) is 4.59. The zero-order valence-corrected chi connectivity index (χ0v) is 18.8. The number of carbonyl (C=O) groups is 2. The Hall–Kier alpha value is -2.68. The first-order chi connectivity index (χ1) is 15.5. The van der Waals surface area contributed by atoms with E-state index in [2.05, 4.69) is 20.4 Å². The fraction of sp³-hybridized carbons (Fsp3) is 0.304. The summed E-state index contributed by atoms with van der Waals surface area (Å²) in [5.74, 6) is -0.440. The molecule has 166 valence electrons. The molecule has 6 nitrogen and oxygen atoms in total. The normalized spacial score (nSPS) is 14.9. The largest absolute Gasteiger partial charge is 0.346 e. The molecule has 1 aliphatic heterocycles. The van der Waals surface area contributed by atoms with Gasteiger partial charge in [-0.2, -0.15) is 0 Å². The summed E-state index contributed by atoms with van der Waals surface area (Å²) in [6.45, 7) is 2.47. The van der Waals surface area contributed by atoms with E-state index in [1.54, 1.807) is 36.4 Å². The number of benzene rings is 2. The van der Waals surface area contributed by atoms with Gasteiger partial charge in [0.05, 0.1) is 6.54 Å². The number of halogens is 2. The van der Waals surface area contributed by atoms with E-state index in [4.69, 9.17) is 11.6 Å². The Morgan fingerprint density at radius 3 is 2.44 bits per heavy atom. The number of likely N-dealkylation sites (tertiary alicyclic amines) is 1. The van der Waals surface area contributed by atoms with Gasteiger partial charge in [0.25, 0.3) is 5.91 Å². The number of rotatable bonds is 7. The Kier molecular flexibility index (Phi) is 7.24. The van der Waals surface area contributed by atoms with E-state index in [0.29, 0.717) is 28.7 Å². The molecule has 1 saturated heterocycles. The predicted molar refractivity (Wildman–Crippen MR) is 121 cm³/mol. The molecule has 0 saturated carbocycles. The summed E-state index contributed by atoms with van der Waals surface area (Å²) in [4.78, 5) is 27.2. The molecule has 1 aliphatic rings. The van der Waals surface area contributed by atoms with Gasteiger partial charge in [0.2, 0.25) is 5.01 Å². The summed E-state index contributed by atoms with van der Waals surface area (Å²) in [6, 6.07) is 13.0. The fourth-order valence-electron chi connectivity index (χ4n) is 3.66. The molecule has 1 aromatic heterocycles. The monoisotopic (exact) mass is 472 g/mol. The lowest BCUT2D eigenvalue weighted by molar-refractivity contribution is 0.0834. The van der Waals surface area contributed by atoms with E-state index in [-0.39, 0.29) is 23.4 Å². The smallest absolute Gasteiger partial charge is 0.282 e. The zero-order chi connectivity index (χ0) is 22.5. The molecule has 32 heavy (non-hydrogen) atoms. The predicted octanol–water partition coefficient (Wildman–Crippen LogP) is 4.36. The van der Waals surface area contributed by atoms with Crippen LogP contribution >= 0.6 is 22.9 Å². The van der Waals surface area contributed by atoms with Gasteiger partial charge in [-0.25, -0.2) is 4.39 Å². The molecule has 4 rings (SSSR count). The SMILES string of the molecule is O=C(NCc1ccc(F)cc1)c1nnc(CN2CCC(C(=O)c3ccc(Cl)cc3)CC2)s1. The molecule has 2 aromatic carbocycles. The van der Waals surface area contributed by atoms with Gasteiger partial charge in [-0.05, 0) is 67.9 Å². The van der Waals surface area contributed by atoms with Crippen molar-refractivity contribution in [3.8, 4) is 0 Å². The summed E-state index contributed by atoms with van der Waals surface area (Å²) in [6.07, 6.45) is 1.57. The standard InChI is InChI=1S/C23H22ClFN4O2S/c24-18-5-3-16(4-6-18)21(30)17-9-11-29(12-10-17)14-20-27-28-23(32-20)22(31)26-13-15-1-7-19(25)8-2-15/h1-8,17H,9-14H2,(H,26,31). The van der Waals surface area contributed by atoms with Crippen LogP contribution < -0.4 is 5.32 Å². The maximum absolute atomic E-state index is 13.0. The third-order valence-electron chi connectivity index (χ3n) is 5.47. The first-order valence-electron chi connectivity index (χ1n) is 10.3. The molecular weight excluding hydrogens is 451 g/mol.